The SMILES string of the molecule is Cl.F.NC(C(=O)O)C1=CC=CCC1. The minimum Gasteiger partial charge on any atom is -0.480 e. The van der Waals surface area contributed by atoms with Crippen molar-refractivity contribution in [3.63, 3.8) is 0 Å². The first kappa shape index (κ1) is 14.6. The molecule has 0 heterocycles. The van der Waals surface area contributed by atoms with Gasteiger partial charge >= 0.3 is 5.97 Å². The van der Waals surface area contributed by atoms with Crippen molar-refractivity contribution in [2.75, 3.05) is 0 Å². The molecule has 0 saturated heterocycles. The van der Waals surface area contributed by atoms with Crippen LogP contribution in [0.5, 0.6) is 0 Å². The highest BCUT2D eigenvalue weighted by Gasteiger charge is 2.16. The van der Waals surface area contributed by atoms with Gasteiger partial charge in [0.1, 0.15) is 6.04 Å². The molecule has 0 aliphatic heterocycles. The number of halogens is 2. The highest BCUT2D eigenvalue weighted by Crippen LogP contribution is 2.14. The van der Waals surface area contributed by atoms with E-state index in [1.54, 1.807) is 6.08 Å². The number of carboxylic acid groups (broad SMARTS) is 1. The maximum atomic E-state index is 10.4. The molecule has 0 aromatic carbocycles. The second kappa shape index (κ2) is 6.62. The van der Waals surface area contributed by atoms with Crippen molar-refractivity contribution in [2.24, 2.45) is 5.73 Å². The number of allylic oxidation sites excluding steroid dienone is 3. The Morgan fingerprint density at radius 3 is 2.62 bits per heavy atom. The summed E-state index contributed by atoms with van der Waals surface area (Å²) < 4.78 is 0. The van der Waals surface area contributed by atoms with Gasteiger partial charge in [-0.25, -0.2) is 0 Å². The zero-order valence-corrected chi connectivity index (χ0v) is 7.79. The summed E-state index contributed by atoms with van der Waals surface area (Å²) in [4.78, 5) is 10.4. The Balaban J connectivity index is 0. The van der Waals surface area contributed by atoms with Gasteiger partial charge in [0, 0.05) is 0 Å². The predicted octanol–water partition coefficient (Wildman–Crippen LogP) is 1.25. The zero-order chi connectivity index (χ0) is 8.27. The number of carbonyl (C=O) groups is 1. The van der Waals surface area contributed by atoms with Gasteiger partial charge in [-0.2, -0.15) is 0 Å². The van der Waals surface area contributed by atoms with Gasteiger partial charge in [-0.15, -0.1) is 12.4 Å². The van der Waals surface area contributed by atoms with Gasteiger partial charge in [0.2, 0.25) is 0 Å². The summed E-state index contributed by atoms with van der Waals surface area (Å²) in [6.45, 7) is 0. The zero-order valence-electron chi connectivity index (χ0n) is 6.97. The van der Waals surface area contributed by atoms with Crippen molar-refractivity contribution in [2.45, 2.75) is 18.9 Å². The maximum Gasteiger partial charge on any atom is 0.324 e. The second-order valence-electron chi connectivity index (χ2n) is 2.52. The average Bonchev–Trinajstić information content (AvgIpc) is 2.05. The van der Waals surface area contributed by atoms with Crippen molar-refractivity contribution in [3.8, 4) is 0 Å². The van der Waals surface area contributed by atoms with Crippen LogP contribution in [0.4, 0.5) is 4.70 Å². The van der Waals surface area contributed by atoms with E-state index >= 15 is 0 Å². The van der Waals surface area contributed by atoms with E-state index in [0.717, 1.165) is 18.4 Å². The summed E-state index contributed by atoms with van der Waals surface area (Å²) in [5.74, 6) is -0.952. The number of nitrogens with two attached hydrogens (primary N) is 1. The molecule has 0 bridgehead atoms. The lowest BCUT2D eigenvalue weighted by atomic mass is 9.99. The van der Waals surface area contributed by atoms with Crippen LogP contribution in [0.15, 0.2) is 23.8 Å². The van der Waals surface area contributed by atoms with Gasteiger partial charge in [0.05, 0.1) is 0 Å². The average molecular weight is 210 g/mol. The van der Waals surface area contributed by atoms with Crippen LogP contribution in [-0.4, -0.2) is 17.1 Å². The van der Waals surface area contributed by atoms with Gasteiger partial charge in [-0.05, 0) is 18.4 Å². The summed E-state index contributed by atoms with van der Waals surface area (Å²) in [7, 11) is 0. The van der Waals surface area contributed by atoms with Gasteiger partial charge < -0.3 is 10.8 Å². The Morgan fingerprint density at radius 2 is 2.23 bits per heavy atom. The summed E-state index contributed by atoms with van der Waals surface area (Å²) >= 11 is 0. The molecule has 0 aromatic heterocycles. The predicted molar refractivity (Wildman–Crippen MR) is 51.8 cm³/mol. The van der Waals surface area contributed by atoms with E-state index in [1.807, 2.05) is 12.2 Å². The number of hydrogen-bond donors (Lipinski definition) is 2. The molecule has 0 fully saturated rings. The Bertz CT molecular complexity index is 228. The topological polar surface area (TPSA) is 63.3 Å². The number of rotatable bonds is 2. The largest absolute Gasteiger partial charge is 0.480 e. The molecular weight excluding hydrogens is 197 g/mol. The van der Waals surface area contributed by atoms with E-state index < -0.39 is 12.0 Å². The first-order valence-electron chi connectivity index (χ1n) is 3.56. The molecule has 0 saturated carbocycles. The summed E-state index contributed by atoms with van der Waals surface area (Å²) in [6.07, 6.45) is 7.29. The molecule has 0 radical (unpaired) electrons. The Morgan fingerprint density at radius 1 is 1.62 bits per heavy atom. The molecule has 1 aliphatic rings. The molecule has 0 amide bonds. The van der Waals surface area contributed by atoms with Gasteiger partial charge in [-0.3, -0.25) is 9.50 Å². The van der Waals surface area contributed by atoms with Crippen LogP contribution in [0.2, 0.25) is 0 Å². The van der Waals surface area contributed by atoms with Crippen molar-refractivity contribution in [1.29, 1.82) is 0 Å². The van der Waals surface area contributed by atoms with E-state index in [9.17, 15) is 4.79 Å². The van der Waals surface area contributed by atoms with Crippen LogP contribution in [0.25, 0.3) is 0 Å². The molecule has 3 N–H and O–H groups in total. The van der Waals surface area contributed by atoms with Crippen LogP contribution in [0, 0.1) is 0 Å². The van der Waals surface area contributed by atoms with Gasteiger partial charge in [-0.1, -0.05) is 18.2 Å². The first-order valence-corrected chi connectivity index (χ1v) is 3.56. The third-order valence-corrected chi connectivity index (χ3v) is 1.71. The molecule has 13 heavy (non-hydrogen) atoms. The fraction of sp³-hybridized carbons (Fsp3) is 0.375. The highest BCUT2D eigenvalue weighted by atomic mass is 35.5. The minimum atomic E-state index is -0.952. The van der Waals surface area contributed by atoms with Crippen LogP contribution in [-0.2, 0) is 4.79 Å². The van der Waals surface area contributed by atoms with Crippen LogP contribution in [0.1, 0.15) is 12.8 Å². The van der Waals surface area contributed by atoms with Crippen LogP contribution >= 0.6 is 12.4 Å². The summed E-state index contributed by atoms with van der Waals surface area (Å²) in [5.41, 5.74) is 6.20. The molecule has 5 heteroatoms. The van der Waals surface area contributed by atoms with Crippen LogP contribution < -0.4 is 5.73 Å². The van der Waals surface area contributed by atoms with E-state index in [-0.39, 0.29) is 17.1 Å². The minimum absolute atomic E-state index is 0. The molecule has 3 nitrogen and oxygen atoms in total. The standard InChI is InChI=1S/C8H11NO2.ClH.FH/c9-7(8(10)11)6-4-2-1-3-5-6;;/h1-2,4,7H,3,5,9H2,(H,10,11);2*1H. The normalized spacial score (nSPS) is 16.2. The van der Waals surface area contributed by atoms with E-state index in [0.29, 0.717) is 0 Å². The lowest BCUT2D eigenvalue weighted by molar-refractivity contribution is -0.137. The third kappa shape index (κ3) is 4.05. The lowest BCUT2D eigenvalue weighted by Gasteiger charge is -2.12. The van der Waals surface area contributed by atoms with Crippen molar-refractivity contribution in [1.82, 2.24) is 0 Å². The van der Waals surface area contributed by atoms with E-state index in [1.165, 1.54) is 0 Å². The quantitative estimate of drug-likeness (QED) is 0.720. The molecule has 1 unspecified atom stereocenters. The number of carboxylic acids is 1. The molecule has 1 atom stereocenters. The second-order valence-corrected chi connectivity index (χ2v) is 2.52. The molecule has 0 aromatic rings. The fourth-order valence-electron chi connectivity index (χ4n) is 1.04. The number of aliphatic carboxylic acids is 1. The van der Waals surface area contributed by atoms with Crippen molar-refractivity contribution >= 4 is 18.4 Å². The highest BCUT2D eigenvalue weighted by molar-refractivity contribution is 5.85. The Labute approximate surface area is 82.1 Å². The smallest absolute Gasteiger partial charge is 0.324 e. The Kier molecular flexibility index (Phi) is 7.46. The molecule has 1 aliphatic carbocycles. The number of hydrogen-bond acceptors (Lipinski definition) is 2. The van der Waals surface area contributed by atoms with Gasteiger partial charge in [0.25, 0.3) is 0 Å². The van der Waals surface area contributed by atoms with E-state index in [4.69, 9.17) is 10.8 Å². The fourth-order valence-corrected chi connectivity index (χ4v) is 1.04. The molecule has 1 rings (SSSR count). The lowest BCUT2D eigenvalue weighted by Crippen LogP contribution is -2.32. The summed E-state index contributed by atoms with van der Waals surface area (Å²) in [6, 6.07) is -0.819. The maximum absolute atomic E-state index is 10.4. The van der Waals surface area contributed by atoms with Crippen molar-refractivity contribution in [3.05, 3.63) is 23.8 Å². The molecule has 76 valence electrons. The third-order valence-electron chi connectivity index (χ3n) is 1.71. The van der Waals surface area contributed by atoms with Gasteiger partial charge in [0.15, 0.2) is 0 Å². The van der Waals surface area contributed by atoms with E-state index in [2.05, 4.69) is 0 Å². The first-order chi connectivity index (χ1) is 5.22. The van der Waals surface area contributed by atoms with Crippen molar-refractivity contribution < 1.29 is 14.6 Å². The monoisotopic (exact) mass is 209 g/mol. The Hall–Kier alpha value is -0.870. The molecular formula is C8H13ClFNO2. The summed E-state index contributed by atoms with van der Waals surface area (Å²) in [5, 5.41) is 8.54. The molecule has 0 spiro atoms. The van der Waals surface area contributed by atoms with Crippen LogP contribution in [0.3, 0.4) is 0 Å².